The summed E-state index contributed by atoms with van der Waals surface area (Å²) < 4.78 is 39.9. The number of halogens is 3. The minimum atomic E-state index is -2.49. The molecular formula is C15H19F3N2O2. The van der Waals surface area contributed by atoms with Crippen molar-refractivity contribution in [2.45, 2.75) is 25.2 Å². The topological polar surface area (TPSA) is 58.2 Å². The molecular weight excluding hydrogens is 297 g/mol. The van der Waals surface area contributed by atoms with Gasteiger partial charge in [0.25, 0.3) is 11.8 Å². The molecule has 1 aromatic carbocycles. The summed E-state index contributed by atoms with van der Waals surface area (Å²) in [6.45, 7) is -0.837. The van der Waals surface area contributed by atoms with Crippen molar-refractivity contribution in [3.8, 4) is 0 Å². The number of rotatable bonds is 8. The SMILES string of the molecule is C[C@@H](F)C(=O)NC[C@](F)(Cc1ccccc1)C(=O)NCCF. The molecule has 2 N–H and O–H groups in total. The van der Waals surface area contributed by atoms with E-state index in [2.05, 4.69) is 10.6 Å². The molecule has 7 heteroatoms. The molecule has 4 nitrogen and oxygen atoms in total. The molecule has 0 bridgehead atoms. The van der Waals surface area contributed by atoms with Gasteiger partial charge in [-0.05, 0) is 12.5 Å². The molecule has 0 saturated heterocycles. The monoisotopic (exact) mass is 316 g/mol. The van der Waals surface area contributed by atoms with Gasteiger partial charge >= 0.3 is 0 Å². The lowest BCUT2D eigenvalue weighted by Crippen LogP contribution is -2.53. The number of amides is 2. The molecule has 1 aromatic rings. The molecule has 0 saturated carbocycles. The number of hydrogen-bond donors (Lipinski definition) is 2. The third kappa shape index (κ3) is 5.38. The maximum absolute atomic E-state index is 14.9. The Balaban J connectivity index is 2.83. The Morgan fingerprint density at radius 1 is 1.23 bits per heavy atom. The van der Waals surface area contributed by atoms with Gasteiger partial charge < -0.3 is 10.6 Å². The second-order valence-electron chi connectivity index (χ2n) is 4.91. The minimum Gasteiger partial charge on any atom is -0.351 e. The zero-order valence-electron chi connectivity index (χ0n) is 12.2. The fraction of sp³-hybridized carbons (Fsp3) is 0.467. The van der Waals surface area contributed by atoms with E-state index in [1.165, 1.54) is 0 Å². The van der Waals surface area contributed by atoms with E-state index in [0.717, 1.165) is 6.92 Å². The number of alkyl halides is 3. The summed E-state index contributed by atoms with van der Waals surface area (Å²) in [4.78, 5) is 23.1. The van der Waals surface area contributed by atoms with Crippen molar-refractivity contribution < 1.29 is 22.8 Å². The molecule has 0 radical (unpaired) electrons. The van der Waals surface area contributed by atoms with Gasteiger partial charge in [0.2, 0.25) is 5.67 Å². The summed E-state index contributed by atoms with van der Waals surface area (Å²) in [7, 11) is 0. The van der Waals surface area contributed by atoms with Gasteiger partial charge in [0, 0.05) is 13.0 Å². The molecule has 0 aliphatic heterocycles. The molecule has 0 spiro atoms. The van der Waals surface area contributed by atoms with E-state index < -0.39 is 36.9 Å². The summed E-state index contributed by atoms with van der Waals surface area (Å²) in [5.74, 6) is -2.05. The Morgan fingerprint density at radius 2 is 1.86 bits per heavy atom. The standard InChI is InChI=1S/C15H19F3N2O2/c1-11(17)13(21)20-10-15(18,14(22)19-8-7-16)9-12-5-3-2-4-6-12/h2-6,11H,7-10H2,1H3,(H,19,22)(H,20,21)/t11-,15-/m1/s1. The Labute approximate surface area is 127 Å². The normalized spacial score (nSPS) is 14.7. The van der Waals surface area contributed by atoms with E-state index in [4.69, 9.17) is 0 Å². The maximum Gasteiger partial charge on any atom is 0.259 e. The molecule has 0 aromatic heterocycles. The Hall–Kier alpha value is -2.05. The fourth-order valence-electron chi connectivity index (χ4n) is 1.83. The molecule has 0 unspecified atom stereocenters. The molecule has 22 heavy (non-hydrogen) atoms. The highest BCUT2D eigenvalue weighted by Crippen LogP contribution is 2.18. The van der Waals surface area contributed by atoms with Gasteiger partial charge in [-0.1, -0.05) is 30.3 Å². The molecule has 1 rings (SSSR count). The van der Waals surface area contributed by atoms with Crippen LogP contribution in [0.2, 0.25) is 0 Å². The first-order chi connectivity index (χ1) is 10.4. The van der Waals surface area contributed by atoms with E-state index in [1.54, 1.807) is 30.3 Å². The van der Waals surface area contributed by atoms with Crippen LogP contribution in [0.15, 0.2) is 30.3 Å². The van der Waals surface area contributed by atoms with E-state index in [-0.39, 0.29) is 13.0 Å². The first-order valence-corrected chi connectivity index (χ1v) is 6.88. The largest absolute Gasteiger partial charge is 0.351 e. The molecule has 0 aliphatic rings. The van der Waals surface area contributed by atoms with Crippen LogP contribution in [0.25, 0.3) is 0 Å². The highest BCUT2D eigenvalue weighted by atomic mass is 19.1. The van der Waals surface area contributed by atoms with Crippen LogP contribution < -0.4 is 10.6 Å². The van der Waals surface area contributed by atoms with Gasteiger partial charge in [-0.3, -0.25) is 9.59 Å². The average Bonchev–Trinajstić information content (AvgIpc) is 2.51. The first kappa shape index (κ1) is 18.0. The summed E-state index contributed by atoms with van der Waals surface area (Å²) >= 11 is 0. The highest BCUT2D eigenvalue weighted by molar-refractivity contribution is 5.87. The second kappa shape index (κ2) is 8.41. The quantitative estimate of drug-likeness (QED) is 0.763. The smallest absolute Gasteiger partial charge is 0.259 e. The molecule has 2 amide bonds. The van der Waals surface area contributed by atoms with Crippen LogP contribution in [0.3, 0.4) is 0 Å². The summed E-state index contributed by atoms with van der Waals surface area (Å²) in [6, 6.07) is 8.33. The van der Waals surface area contributed by atoms with Crippen LogP contribution in [0.5, 0.6) is 0 Å². The van der Waals surface area contributed by atoms with Crippen LogP contribution in [-0.4, -0.2) is 43.4 Å². The maximum atomic E-state index is 14.9. The van der Waals surface area contributed by atoms with Gasteiger partial charge in [-0.2, -0.15) is 0 Å². The fourth-order valence-corrected chi connectivity index (χ4v) is 1.83. The Kier molecular flexibility index (Phi) is 6.88. The van der Waals surface area contributed by atoms with Gasteiger partial charge in [0.05, 0.1) is 6.54 Å². The lowest BCUT2D eigenvalue weighted by molar-refractivity contribution is -0.134. The zero-order chi connectivity index (χ0) is 16.6. The van der Waals surface area contributed by atoms with Crippen LogP contribution in [-0.2, 0) is 16.0 Å². The molecule has 122 valence electrons. The van der Waals surface area contributed by atoms with Crippen LogP contribution in [0, 0.1) is 0 Å². The Bertz CT molecular complexity index is 497. The van der Waals surface area contributed by atoms with Gasteiger partial charge in [0.1, 0.15) is 6.67 Å². The van der Waals surface area contributed by atoms with E-state index in [0.29, 0.717) is 5.56 Å². The van der Waals surface area contributed by atoms with Gasteiger partial charge in [0.15, 0.2) is 6.17 Å². The number of hydrogen-bond acceptors (Lipinski definition) is 2. The van der Waals surface area contributed by atoms with Crippen LogP contribution in [0.1, 0.15) is 12.5 Å². The Morgan fingerprint density at radius 3 is 2.41 bits per heavy atom. The lowest BCUT2D eigenvalue weighted by Gasteiger charge is -2.25. The highest BCUT2D eigenvalue weighted by Gasteiger charge is 2.39. The summed E-state index contributed by atoms with van der Waals surface area (Å²) in [5, 5.41) is 4.17. The predicted molar refractivity (Wildman–Crippen MR) is 76.5 cm³/mol. The number of carbonyl (C=O) groups excluding carboxylic acids is 2. The van der Waals surface area contributed by atoms with Crippen LogP contribution in [0.4, 0.5) is 13.2 Å². The second-order valence-corrected chi connectivity index (χ2v) is 4.91. The van der Waals surface area contributed by atoms with Crippen LogP contribution >= 0.6 is 0 Å². The van der Waals surface area contributed by atoms with Crippen molar-refractivity contribution in [1.82, 2.24) is 10.6 Å². The van der Waals surface area contributed by atoms with Crippen molar-refractivity contribution >= 4 is 11.8 Å². The van der Waals surface area contributed by atoms with Crippen molar-refractivity contribution in [2.75, 3.05) is 19.8 Å². The van der Waals surface area contributed by atoms with Crippen molar-refractivity contribution in [3.63, 3.8) is 0 Å². The van der Waals surface area contributed by atoms with E-state index in [1.807, 2.05) is 0 Å². The number of carbonyl (C=O) groups is 2. The lowest BCUT2D eigenvalue weighted by atomic mass is 9.95. The molecule has 0 heterocycles. The minimum absolute atomic E-state index is 0.313. The van der Waals surface area contributed by atoms with Gasteiger partial charge in [-0.15, -0.1) is 0 Å². The summed E-state index contributed by atoms with van der Waals surface area (Å²) in [5.41, 5.74) is -1.95. The first-order valence-electron chi connectivity index (χ1n) is 6.88. The number of nitrogens with one attached hydrogen (secondary N) is 2. The predicted octanol–water partition coefficient (Wildman–Crippen LogP) is 1.50. The van der Waals surface area contributed by atoms with Crippen molar-refractivity contribution in [1.29, 1.82) is 0 Å². The van der Waals surface area contributed by atoms with E-state index in [9.17, 15) is 22.8 Å². The van der Waals surface area contributed by atoms with Gasteiger partial charge in [-0.25, -0.2) is 13.2 Å². The molecule has 2 atom stereocenters. The van der Waals surface area contributed by atoms with Crippen molar-refractivity contribution in [2.24, 2.45) is 0 Å². The van der Waals surface area contributed by atoms with E-state index >= 15 is 0 Å². The molecule has 0 fully saturated rings. The van der Waals surface area contributed by atoms with Crippen molar-refractivity contribution in [3.05, 3.63) is 35.9 Å². The third-order valence-electron chi connectivity index (χ3n) is 3.02. The summed E-state index contributed by atoms with van der Waals surface area (Å²) in [6.07, 6.45) is -2.12. The third-order valence-corrected chi connectivity index (χ3v) is 3.02. The molecule has 0 aliphatic carbocycles. The zero-order valence-corrected chi connectivity index (χ0v) is 12.2. The number of benzene rings is 1. The average molecular weight is 316 g/mol.